The number of amides is 1. The van der Waals surface area contributed by atoms with Gasteiger partial charge in [-0.1, -0.05) is 0 Å². The van der Waals surface area contributed by atoms with Crippen LogP contribution in [0.3, 0.4) is 0 Å². The maximum absolute atomic E-state index is 13.7. The molecule has 1 amide bonds. The van der Waals surface area contributed by atoms with Gasteiger partial charge in [-0.3, -0.25) is 9.89 Å². The number of hydrogen-bond donors (Lipinski definition) is 3. The summed E-state index contributed by atoms with van der Waals surface area (Å²) in [5.74, 6) is -1.94. The number of sulfonamides is 1. The molecule has 4 rings (SSSR count). The number of aromatic nitrogens is 2. The van der Waals surface area contributed by atoms with E-state index >= 15 is 0 Å². The standard InChI is InChI=1S/C21H21F2N5O4S/c1-21(2)18-16(10-28(21)33(30,31)14-7-11(22)6-12(23)8-14)19(27-26-18)25-20(29)15-5-4-13(32-3)9-17(15)24/h4-9H,10,24H2,1-3H3,(H2,25,26,27,29). The van der Waals surface area contributed by atoms with Gasteiger partial charge < -0.3 is 15.8 Å². The Balaban J connectivity index is 1.65. The Morgan fingerprint density at radius 2 is 1.88 bits per heavy atom. The largest absolute Gasteiger partial charge is 0.497 e. The van der Waals surface area contributed by atoms with Gasteiger partial charge in [0.15, 0.2) is 5.82 Å². The fraction of sp³-hybridized carbons (Fsp3) is 0.238. The van der Waals surface area contributed by atoms with Crippen LogP contribution in [0, 0.1) is 11.6 Å². The van der Waals surface area contributed by atoms with Crippen LogP contribution in [-0.4, -0.2) is 35.9 Å². The first kappa shape index (κ1) is 22.7. The van der Waals surface area contributed by atoms with Gasteiger partial charge in [0, 0.05) is 29.9 Å². The third-order valence-corrected chi connectivity index (χ3v) is 7.56. The highest BCUT2D eigenvalue weighted by molar-refractivity contribution is 7.89. The zero-order valence-electron chi connectivity index (χ0n) is 17.9. The number of carbonyl (C=O) groups is 1. The maximum atomic E-state index is 13.7. The molecule has 2 aromatic carbocycles. The molecule has 0 radical (unpaired) electrons. The molecule has 1 aromatic heterocycles. The van der Waals surface area contributed by atoms with Crippen LogP contribution in [0.5, 0.6) is 5.75 Å². The summed E-state index contributed by atoms with van der Waals surface area (Å²) in [6, 6.07) is 6.69. The number of halogens is 2. The number of anilines is 2. The van der Waals surface area contributed by atoms with E-state index in [1.54, 1.807) is 19.9 Å². The Kier molecular flexibility index (Phi) is 5.37. The molecule has 0 atom stereocenters. The van der Waals surface area contributed by atoms with Gasteiger partial charge in [0.1, 0.15) is 17.4 Å². The molecule has 2 heterocycles. The van der Waals surface area contributed by atoms with Gasteiger partial charge in [-0.05, 0) is 38.1 Å². The second kappa shape index (κ2) is 7.81. The SMILES string of the molecule is COc1ccc(C(=O)Nc2n[nH]c3c2CN(S(=O)(=O)c2cc(F)cc(F)c2)C3(C)C)c(N)c1. The van der Waals surface area contributed by atoms with Crippen molar-refractivity contribution in [3.8, 4) is 5.75 Å². The Morgan fingerprint density at radius 1 is 1.21 bits per heavy atom. The molecule has 174 valence electrons. The van der Waals surface area contributed by atoms with E-state index in [4.69, 9.17) is 10.5 Å². The topological polar surface area (TPSA) is 130 Å². The highest BCUT2D eigenvalue weighted by Crippen LogP contribution is 2.44. The number of nitrogens with two attached hydrogens (primary N) is 1. The number of hydrogen-bond acceptors (Lipinski definition) is 6. The van der Waals surface area contributed by atoms with Crippen molar-refractivity contribution in [1.29, 1.82) is 0 Å². The molecule has 4 N–H and O–H groups in total. The fourth-order valence-electron chi connectivity index (χ4n) is 3.83. The summed E-state index contributed by atoms with van der Waals surface area (Å²) in [6.45, 7) is 3.07. The van der Waals surface area contributed by atoms with Crippen molar-refractivity contribution in [2.45, 2.75) is 30.8 Å². The third-order valence-electron chi connectivity index (χ3n) is 5.56. The number of ether oxygens (including phenoxy) is 1. The number of nitrogens with one attached hydrogen (secondary N) is 2. The smallest absolute Gasteiger partial charge is 0.258 e. The van der Waals surface area contributed by atoms with Crippen LogP contribution >= 0.6 is 0 Å². The second-order valence-electron chi connectivity index (χ2n) is 8.01. The summed E-state index contributed by atoms with van der Waals surface area (Å²) in [5.41, 5.74) is 6.05. The lowest BCUT2D eigenvalue weighted by Crippen LogP contribution is -2.40. The summed E-state index contributed by atoms with van der Waals surface area (Å²) in [5, 5.41) is 9.53. The number of benzene rings is 2. The van der Waals surface area contributed by atoms with Crippen molar-refractivity contribution in [1.82, 2.24) is 14.5 Å². The maximum Gasteiger partial charge on any atom is 0.258 e. The van der Waals surface area contributed by atoms with Gasteiger partial charge in [-0.2, -0.15) is 9.40 Å². The first-order valence-electron chi connectivity index (χ1n) is 9.76. The zero-order valence-corrected chi connectivity index (χ0v) is 18.8. The van der Waals surface area contributed by atoms with Crippen molar-refractivity contribution < 1.29 is 26.7 Å². The van der Waals surface area contributed by atoms with Crippen LogP contribution in [-0.2, 0) is 22.1 Å². The van der Waals surface area contributed by atoms with Crippen LogP contribution < -0.4 is 15.8 Å². The highest BCUT2D eigenvalue weighted by atomic mass is 32.2. The third kappa shape index (κ3) is 3.80. The molecule has 0 bridgehead atoms. The molecule has 0 unspecified atom stereocenters. The van der Waals surface area contributed by atoms with Crippen molar-refractivity contribution in [3.63, 3.8) is 0 Å². The number of H-pyrrole nitrogens is 1. The number of nitrogens with zero attached hydrogens (tertiary/aromatic N) is 2. The highest BCUT2D eigenvalue weighted by Gasteiger charge is 2.48. The van der Waals surface area contributed by atoms with Gasteiger partial charge in [0.05, 0.1) is 28.8 Å². The van der Waals surface area contributed by atoms with Crippen molar-refractivity contribution in [2.75, 3.05) is 18.2 Å². The number of methoxy groups -OCH3 is 1. The Labute approximate surface area is 188 Å². The van der Waals surface area contributed by atoms with E-state index in [0.29, 0.717) is 23.1 Å². The van der Waals surface area contributed by atoms with E-state index in [1.807, 2.05) is 0 Å². The van der Waals surface area contributed by atoms with E-state index in [2.05, 4.69) is 15.5 Å². The van der Waals surface area contributed by atoms with Crippen LogP contribution in [0.15, 0.2) is 41.3 Å². The molecule has 0 spiro atoms. The van der Waals surface area contributed by atoms with Crippen LogP contribution in [0.2, 0.25) is 0 Å². The Bertz CT molecular complexity index is 1350. The average molecular weight is 477 g/mol. The molecule has 0 saturated heterocycles. The molecule has 9 nitrogen and oxygen atoms in total. The molecule has 33 heavy (non-hydrogen) atoms. The first-order valence-corrected chi connectivity index (χ1v) is 11.2. The molecular weight excluding hydrogens is 456 g/mol. The average Bonchev–Trinajstić information content (AvgIpc) is 3.25. The summed E-state index contributed by atoms with van der Waals surface area (Å²) in [4.78, 5) is 12.3. The van der Waals surface area contributed by atoms with Crippen LogP contribution in [0.4, 0.5) is 20.3 Å². The quantitative estimate of drug-likeness (QED) is 0.485. The van der Waals surface area contributed by atoms with Gasteiger partial charge in [0.2, 0.25) is 10.0 Å². The predicted molar refractivity (Wildman–Crippen MR) is 116 cm³/mol. The number of rotatable bonds is 5. The van der Waals surface area contributed by atoms with E-state index in [-0.39, 0.29) is 23.6 Å². The lowest BCUT2D eigenvalue weighted by Gasteiger charge is -2.30. The number of carbonyl (C=O) groups excluding carboxylic acids is 1. The lowest BCUT2D eigenvalue weighted by molar-refractivity contribution is 0.102. The van der Waals surface area contributed by atoms with Gasteiger partial charge in [0.25, 0.3) is 5.91 Å². The minimum Gasteiger partial charge on any atom is -0.497 e. The molecule has 12 heteroatoms. The summed E-state index contributed by atoms with van der Waals surface area (Å²) >= 11 is 0. The molecule has 0 aliphatic carbocycles. The monoisotopic (exact) mass is 477 g/mol. The Morgan fingerprint density at radius 3 is 2.48 bits per heavy atom. The van der Waals surface area contributed by atoms with Crippen LogP contribution in [0.25, 0.3) is 0 Å². The molecule has 1 aliphatic rings. The number of nitrogen functional groups attached to an aromatic ring is 1. The summed E-state index contributed by atoms with van der Waals surface area (Å²) < 4.78 is 60.0. The molecule has 3 aromatic rings. The minimum atomic E-state index is -4.28. The number of aromatic amines is 1. The van der Waals surface area contributed by atoms with Gasteiger partial charge in [-0.25, -0.2) is 17.2 Å². The Hall–Kier alpha value is -3.51. The van der Waals surface area contributed by atoms with E-state index in [1.165, 1.54) is 19.2 Å². The lowest BCUT2D eigenvalue weighted by atomic mass is 10.0. The molecule has 0 fully saturated rings. The number of fused-ring (bicyclic) bond motifs is 1. The fourth-order valence-corrected chi connectivity index (χ4v) is 5.60. The van der Waals surface area contributed by atoms with E-state index in [9.17, 15) is 22.0 Å². The van der Waals surface area contributed by atoms with Crippen molar-refractivity contribution in [3.05, 3.63) is 64.9 Å². The van der Waals surface area contributed by atoms with Gasteiger partial charge in [-0.15, -0.1) is 0 Å². The van der Waals surface area contributed by atoms with Gasteiger partial charge >= 0.3 is 0 Å². The van der Waals surface area contributed by atoms with Crippen molar-refractivity contribution in [2.24, 2.45) is 0 Å². The minimum absolute atomic E-state index is 0.126. The second-order valence-corrected chi connectivity index (χ2v) is 9.87. The van der Waals surface area contributed by atoms with Crippen molar-refractivity contribution >= 4 is 27.4 Å². The summed E-state index contributed by atoms with van der Waals surface area (Å²) in [7, 11) is -2.81. The molecule has 0 saturated carbocycles. The predicted octanol–water partition coefficient (Wildman–Crippen LogP) is 2.97. The van der Waals surface area contributed by atoms with E-state index in [0.717, 1.165) is 16.4 Å². The molecule has 1 aliphatic heterocycles. The van der Waals surface area contributed by atoms with Crippen LogP contribution in [0.1, 0.15) is 35.5 Å². The molecular formula is C21H21F2N5O4S. The zero-order chi connectivity index (χ0) is 24.1. The summed E-state index contributed by atoms with van der Waals surface area (Å²) in [6.07, 6.45) is 0. The first-order chi connectivity index (χ1) is 15.4. The van der Waals surface area contributed by atoms with E-state index < -0.39 is 38.0 Å². The normalized spacial score (nSPS) is 15.3.